The molecule has 0 nitrogen and oxygen atoms in total. The third-order valence-electron chi connectivity index (χ3n) is 1.20. The van der Waals surface area contributed by atoms with Crippen molar-refractivity contribution in [3.05, 3.63) is 23.8 Å². The predicted octanol–water partition coefficient (Wildman–Crippen LogP) is 4.19. The van der Waals surface area contributed by atoms with E-state index in [1.165, 1.54) is 5.57 Å². The van der Waals surface area contributed by atoms with Crippen molar-refractivity contribution in [3.8, 4) is 0 Å². The smallest absolute Gasteiger partial charge is 0.0287 e. The lowest BCUT2D eigenvalue weighted by molar-refractivity contribution is 0.831. The first-order valence-corrected chi connectivity index (χ1v) is 4.48. The molecule has 0 fully saturated rings. The fourth-order valence-electron chi connectivity index (χ4n) is 0.440. The van der Waals surface area contributed by atoms with Crippen molar-refractivity contribution >= 4 is 0 Å². The Kier molecular flexibility index (Phi) is 11.3. The predicted molar refractivity (Wildman–Crippen MR) is 54.8 cm³/mol. The van der Waals surface area contributed by atoms with Gasteiger partial charge in [-0.05, 0) is 19.8 Å². The van der Waals surface area contributed by atoms with Gasteiger partial charge in [-0.2, -0.15) is 0 Å². The van der Waals surface area contributed by atoms with Crippen LogP contribution in [0.15, 0.2) is 23.8 Å². The van der Waals surface area contributed by atoms with Gasteiger partial charge in [0.05, 0.1) is 0 Å². The molecule has 0 aromatic rings. The summed E-state index contributed by atoms with van der Waals surface area (Å²) in [5.74, 6) is 0.667. The van der Waals surface area contributed by atoms with E-state index < -0.39 is 0 Å². The van der Waals surface area contributed by atoms with Gasteiger partial charge < -0.3 is 0 Å². The average molecular weight is 154 g/mol. The first-order valence-electron chi connectivity index (χ1n) is 4.48. The molecule has 0 amide bonds. The van der Waals surface area contributed by atoms with E-state index in [-0.39, 0.29) is 0 Å². The average Bonchev–Trinajstić information content (AvgIpc) is 2.04. The Labute approximate surface area is 72.0 Å². The van der Waals surface area contributed by atoms with Gasteiger partial charge in [0.1, 0.15) is 0 Å². The van der Waals surface area contributed by atoms with E-state index in [9.17, 15) is 0 Å². The van der Waals surface area contributed by atoms with Crippen LogP contribution in [-0.4, -0.2) is 0 Å². The Morgan fingerprint density at radius 3 is 1.91 bits per heavy atom. The highest BCUT2D eigenvalue weighted by Crippen LogP contribution is 1.99. The lowest BCUT2D eigenvalue weighted by Crippen LogP contribution is -1.76. The molecule has 0 aromatic heterocycles. The maximum absolute atomic E-state index is 2.20. The molecule has 0 atom stereocenters. The van der Waals surface area contributed by atoms with Gasteiger partial charge in [-0.15, -0.1) is 0 Å². The Morgan fingerprint density at radius 2 is 1.64 bits per heavy atom. The minimum absolute atomic E-state index is 0.667. The third-order valence-corrected chi connectivity index (χ3v) is 1.20. The maximum Gasteiger partial charge on any atom is -0.0287 e. The Balaban J connectivity index is 0. The van der Waals surface area contributed by atoms with Crippen LogP contribution in [0.4, 0.5) is 0 Å². The van der Waals surface area contributed by atoms with Crippen molar-refractivity contribution < 1.29 is 0 Å². The summed E-state index contributed by atoms with van der Waals surface area (Å²) in [7, 11) is 0. The quantitative estimate of drug-likeness (QED) is 0.523. The minimum atomic E-state index is 0.667. The highest BCUT2D eigenvalue weighted by atomic mass is 13.9. The van der Waals surface area contributed by atoms with Crippen molar-refractivity contribution in [1.29, 1.82) is 0 Å². The maximum atomic E-state index is 2.20. The standard InChI is InChI=1S/C9H16.C2H6/c1-5-9(4)7-6-8(2)3;1-2/h5-8H,1-4H3;1-2H3/b7-6-,9-5-;. The molecule has 0 N–H and O–H groups in total. The van der Waals surface area contributed by atoms with Crippen LogP contribution in [0.2, 0.25) is 0 Å². The zero-order chi connectivity index (χ0) is 9.28. The first-order chi connectivity index (χ1) is 5.16. The zero-order valence-corrected chi connectivity index (χ0v) is 8.81. The summed E-state index contributed by atoms with van der Waals surface area (Å²) >= 11 is 0. The number of hydrogen-bond acceptors (Lipinski definition) is 0. The lowest BCUT2D eigenvalue weighted by Gasteiger charge is -1.92. The van der Waals surface area contributed by atoms with Crippen molar-refractivity contribution in [1.82, 2.24) is 0 Å². The first kappa shape index (κ1) is 13.1. The molecular formula is C11H22. The molecule has 0 unspecified atom stereocenters. The van der Waals surface area contributed by atoms with Gasteiger partial charge in [-0.3, -0.25) is 0 Å². The normalized spacial score (nSPS) is 11.7. The van der Waals surface area contributed by atoms with E-state index in [0.29, 0.717) is 5.92 Å². The summed E-state index contributed by atoms with van der Waals surface area (Å²) in [4.78, 5) is 0. The fourth-order valence-corrected chi connectivity index (χ4v) is 0.440. The van der Waals surface area contributed by atoms with Crippen LogP contribution in [0.5, 0.6) is 0 Å². The zero-order valence-electron chi connectivity index (χ0n) is 8.81. The largest absolute Gasteiger partial charge is 0.0847 e. The summed E-state index contributed by atoms with van der Waals surface area (Å²) in [6, 6.07) is 0. The summed E-state index contributed by atoms with van der Waals surface area (Å²) in [5, 5.41) is 0. The second kappa shape index (κ2) is 9.48. The number of rotatable bonds is 2. The Morgan fingerprint density at radius 1 is 1.18 bits per heavy atom. The van der Waals surface area contributed by atoms with Crippen LogP contribution in [0.1, 0.15) is 41.5 Å². The SMILES string of the molecule is C/C=C(C)\C=C/C(C)C.CC. The van der Waals surface area contributed by atoms with Crippen LogP contribution >= 0.6 is 0 Å². The summed E-state index contributed by atoms with van der Waals surface area (Å²) in [5.41, 5.74) is 1.34. The summed E-state index contributed by atoms with van der Waals surface area (Å²) < 4.78 is 0. The van der Waals surface area contributed by atoms with Gasteiger partial charge in [-0.1, -0.05) is 51.5 Å². The van der Waals surface area contributed by atoms with Gasteiger partial charge in [0, 0.05) is 0 Å². The molecule has 0 aliphatic carbocycles. The van der Waals surface area contributed by atoms with Crippen molar-refractivity contribution in [2.24, 2.45) is 5.92 Å². The van der Waals surface area contributed by atoms with Gasteiger partial charge in [0.25, 0.3) is 0 Å². The molecule has 0 heterocycles. The van der Waals surface area contributed by atoms with E-state index in [4.69, 9.17) is 0 Å². The van der Waals surface area contributed by atoms with E-state index in [1.54, 1.807) is 0 Å². The number of allylic oxidation sites excluding steroid dienone is 4. The minimum Gasteiger partial charge on any atom is -0.0847 e. The van der Waals surface area contributed by atoms with Crippen molar-refractivity contribution in [3.63, 3.8) is 0 Å². The second-order valence-electron chi connectivity index (χ2n) is 2.64. The molecule has 0 aromatic carbocycles. The summed E-state index contributed by atoms with van der Waals surface area (Å²) in [6.07, 6.45) is 6.47. The van der Waals surface area contributed by atoms with E-state index >= 15 is 0 Å². The second-order valence-corrected chi connectivity index (χ2v) is 2.64. The molecular weight excluding hydrogens is 132 g/mol. The highest BCUT2D eigenvalue weighted by Gasteiger charge is 1.82. The molecule has 0 bridgehead atoms. The van der Waals surface area contributed by atoms with E-state index in [2.05, 4.69) is 45.9 Å². The Bertz CT molecular complexity index is 116. The van der Waals surface area contributed by atoms with Gasteiger partial charge in [-0.25, -0.2) is 0 Å². The lowest BCUT2D eigenvalue weighted by atomic mass is 10.1. The van der Waals surface area contributed by atoms with Gasteiger partial charge in [0.15, 0.2) is 0 Å². The molecule has 0 saturated carbocycles. The molecule has 66 valence electrons. The fraction of sp³-hybridized carbons (Fsp3) is 0.636. The summed E-state index contributed by atoms with van der Waals surface area (Å²) in [6.45, 7) is 12.5. The van der Waals surface area contributed by atoms with Crippen molar-refractivity contribution in [2.75, 3.05) is 0 Å². The topological polar surface area (TPSA) is 0 Å². The number of hydrogen-bond donors (Lipinski definition) is 0. The van der Waals surface area contributed by atoms with E-state index in [1.807, 2.05) is 13.8 Å². The molecule has 0 rings (SSSR count). The molecule has 0 spiro atoms. The van der Waals surface area contributed by atoms with E-state index in [0.717, 1.165) is 0 Å². The molecule has 0 radical (unpaired) electrons. The molecule has 11 heavy (non-hydrogen) atoms. The third kappa shape index (κ3) is 12.6. The molecule has 0 aliphatic heterocycles. The van der Waals surface area contributed by atoms with Gasteiger partial charge in [0.2, 0.25) is 0 Å². The van der Waals surface area contributed by atoms with Crippen LogP contribution in [0, 0.1) is 5.92 Å². The van der Waals surface area contributed by atoms with Crippen LogP contribution in [0.25, 0.3) is 0 Å². The molecule has 0 saturated heterocycles. The van der Waals surface area contributed by atoms with Crippen LogP contribution < -0.4 is 0 Å². The van der Waals surface area contributed by atoms with Crippen LogP contribution in [0.3, 0.4) is 0 Å². The van der Waals surface area contributed by atoms with Crippen LogP contribution in [-0.2, 0) is 0 Å². The monoisotopic (exact) mass is 154 g/mol. The highest BCUT2D eigenvalue weighted by molar-refractivity contribution is 5.14. The van der Waals surface area contributed by atoms with Gasteiger partial charge >= 0.3 is 0 Å². The van der Waals surface area contributed by atoms with Crippen molar-refractivity contribution in [2.45, 2.75) is 41.5 Å². The molecule has 0 aliphatic rings. The molecule has 0 heteroatoms. The Hall–Kier alpha value is -0.520.